The molecule has 0 amide bonds. The third-order valence-electron chi connectivity index (χ3n) is 3.15. The lowest BCUT2D eigenvalue weighted by atomic mass is 9.60. The minimum Gasteiger partial charge on any atom is -0.393 e. The Morgan fingerprint density at radius 3 is 2.69 bits per heavy atom. The Morgan fingerprint density at radius 2 is 2.31 bits per heavy atom. The first kappa shape index (κ1) is 9.69. The molecular formula is C10H13BrOS. The lowest BCUT2D eigenvalue weighted by Crippen LogP contribution is -2.46. The molecule has 0 spiro atoms. The Bertz CT molecular complexity index is 318. The molecule has 0 aromatic carbocycles. The van der Waals surface area contributed by atoms with Gasteiger partial charge in [0.05, 0.1) is 6.10 Å². The van der Waals surface area contributed by atoms with Gasteiger partial charge in [0.2, 0.25) is 0 Å². The number of aliphatic hydroxyl groups excluding tert-OH is 1. The van der Waals surface area contributed by atoms with E-state index >= 15 is 0 Å². The van der Waals surface area contributed by atoms with Crippen LogP contribution >= 0.6 is 27.3 Å². The summed E-state index contributed by atoms with van der Waals surface area (Å²) < 4.78 is 1.16. The average Bonchev–Trinajstić information content (AvgIpc) is 2.47. The van der Waals surface area contributed by atoms with Gasteiger partial charge in [0, 0.05) is 20.6 Å². The first-order valence-electron chi connectivity index (χ1n) is 4.44. The highest BCUT2D eigenvalue weighted by Crippen LogP contribution is 2.53. The van der Waals surface area contributed by atoms with Gasteiger partial charge in [-0.1, -0.05) is 13.8 Å². The zero-order valence-electron chi connectivity index (χ0n) is 7.75. The first-order valence-corrected chi connectivity index (χ1v) is 6.11. The van der Waals surface area contributed by atoms with Crippen molar-refractivity contribution in [3.63, 3.8) is 0 Å². The monoisotopic (exact) mass is 260 g/mol. The lowest BCUT2D eigenvalue weighted by molar-refractivity contribution is -0.0613. The van der Waals surface area contributed by atoms with Crippen LogP contribution in [-0.4, -0.2) is 11.2 Å². The van der Waals surface area contributed by atoms with Crippen molar-refractivity contribution < 1.29 is 5.11 Å². The van der Waals surface area contributed by atoms with Gasteiger partial charge < -0.3 is 5.11 Å². The molecule has 1 aliphatic carbocycles. The molecule has 2 atom stereocenters. The van der Waals surface area contributed by atoms with Crippen LogP contribution in [0.5, 0.6) is 0 Å². The fraction of sp³-hybridized carbons (Fsp3) is 0.600. The van der Waals surface area contributed by atoms with Crippen LogP contribution in [0.4, 0.5) is 0 Å². The minimum absolute atomic E-state index is 0.0598. The van der Waals surface area contributed by atoms with Gasteiger partial charge in [-0.05, 0) is 33.8 Å². The Hall–Kier alpha value is 0.140. The Labute approximate surface area is 90.9 Å². The lowest BCUT2D eigenvalue weighted by Gasteiger charge is -2.49. The van der Waals surface area contributed by atoms with Crippen LogP contribution in [0.15, 0.2) is 15.9 Å². The molecule has 1 heterocycles. The summed E-state index contributed by atoms with van der Waals surface area (Å²) in [6.45, 7) is 4.28. The molecule has 0 bridgehead atoms. The van der Waals surface area contributed by atoms with E-state index in [4.69, 9.17) is 0 Å². The largest absolute Gasteiger partial charge is 0.393 e. The van der Waals surface area contributed by atoms with Crippen LogP contribution in [0.1, 0.15) is 31.1 Å². The second-order valence-corrected chi connectivity index (χ2v) is 6.15. The summed E-state index contributed by atoms with van der Waals surface area (Å²) in [6.07, 6.45) is 0.790. The number of rotatable bonds is 1. The number of thiophene rings is 1. The maximum absolute atomic E-state index is 9.61. The maximum atomic E-state index is 9.61. The molecule has 1 N–H and O–H groups in total. The van der Waals surface area contributed by atoms with E-state index in [1.165, 1.54) is 4.88 Å². The molecule has 1 fully saturated rings. The van der Waals surface area contributed by atoms with Crippen molar-refractivity contribution in [3.05, 3.63) is 20.8 Å². The van der Waals surface area contributed by atoms with Crippen LogP contribution < -0.4 is 0 Å². The fourth-order valence-corrected chi connectivity index (χ4v) is 3.65. The molecule has 1 aromatic heterocycles. The molecule has 13 heavy (non-hydrogen) atoms. The molecular weight excluding hydrogens is 248 g/mol. The normalized spacial score (nSPS) is 31.4. The van der Waals surface area contributed by atoms with E-state index < -0.39 is 0 Å². The van der Waals surface area contributed by atoms with Gasteiger partial charge in [0.25, 0.3) is 0 Å². The number of hydrogen-bond acceptors (Lipinski definition) is 2. The molecule has 1 nitrogen and oxygen atoms in total. The molecule has 0 aliphatic heterocycles. The molecule has 72 valence electrons. The molecule has 1 saturated carbocycles. The van der Waals surface area contributed by atoms with Crippen molar-refractivity contribution in [3.8, 4) is 0 Å². The van der Waals surface area contributed by atoms with Gasteiger partial charge in [-0.15, -0.1) is 11.3 Å². The van der Waals surface area contributed by atoms with E-state index in [9.17, 15) is 5.11 Å². The van der Waals surface area contributed by atoms with Gasteiger partial charge in [-0.25, -0.2) is 0 Å². The summed E-state index contributed by atoms with van der Waals surface area (Å²) in [6, 6.07) is 2.17. The summed E-state index contributed by atoms with van der Waals surface area (Å²) >= 11 is 5.23. The quantitative estimate of drug-likeness (QED) is 0.821. The van der Waals surface area contributed by atoms with E-state index in [-0.39, 0.29) is 11.5 Å². The van der Waals surface area contributed by atoms with E-state index in [0.717, 1.165) is 10.9 Å². The van der Waals surface area contributed by atoms with E-state index in [1.807, 2.05) is 0 Å². The van der Waals surface area contributed by atoms with Gasteiger partial charge in [-0.2, -0.15) is 0 Å². The molecule has 0 radical (unpaired) electrons. The first-order chi connectivity index (χ1) is 6.01. The number of halogens is 1. The second kappa shape index (κ2) is 3.07. The highest BCUT2D eigenvalue weighted by molar-refractivity contribution is 9.10. The summed E-state index contributed by atoms with van der Waals surface area (Å²) in [5, 5.41) is 11.7. The average molecular weight is 261 g/mol. The standard InChI is InChI=1S/C10H13BrOS/c1-10(2)7(4-9(10)12)8-3-6(11)5-13-8/h3,5,7,9,12H,4H2,1-2H3. The maximum Gasteiger partial charge on any atom is 0.0603 e. The van der Waals surface area contributed by atoms with Crippen LogP contribution in [0, 0.1) is 5.41 Å². The predicted octanol–water partition coefficient (Wildman–Crippen LogP) is 3.39. The molecule has 2 rings (SSSR count). The van der Waals surface area contributed by atoms with Crippen LogP contribution in [0.2, 0.25) is 0 Å². The van der Waals surface area contributed by atoms with Crippen molar-refractivity contribution in [2.45, 2.75) is 32.3 Å². The molecule has 1 aromatic rings. The molecule has 0 saturated heterocycles. The Morgan fingerprint density at radius 1 is 1.62 bits per heavy atom. The van der Waals surface area contributed by atoms with Gasteiger partial charge in [0.15, 0.2) is 0 Å². The number of aliphatic hydroxyl groups is 1. The molecule has 1 aliphatic rings. The van der Waals surface area contributed by atoms with Gasteiger partial charge in [-0.3, -0.25) is 0 Å². The zero-order chi connectivity index (χ0) is 9.64. The summed E-state index contributed by atoms with van der Waals surface area (Å²) in [7, 11) is 0. The second-order valence-electron chi connectivity index (χ2n) is 4.29. The highest BCUT2D eigenvalue weighted by atomic mass is 79.9. The topological polar surface area (TPSA) is 20.2 Å². The van der Waals surface area contributed by atoms with Crippen LogP contribution in [0.25, 0.3) is 0 Å². The van der Waals surface area contributed by atoms with Crippen molar-refractivity contribution in [1.82, 2.24) is 0 Å². The Kier molecular flexibility index (Phi) is 2.29. The van der Waals surface area contributed by atoms with Gasteiger partial charge >= 0.3 is 0 Å². The van der Waals surface area contributed by atoms with Crippen molar-refractivity contribution >= 4 is 27.3 Å². The predicted molar refractivity (Wildman–Crippen MR) is 59.2 cm³/mol. The number of hydrogen-bond donors (Lipinski definition) is 1. The SMILES string of the molecule is CC1(C)C(O)CC1c1cc(Br)cs1. The van der Waals surface area contributed by atoms with Crippen molar-refractivity contribution in [2.75, 3.05) is 0 Å². The smallest absolute Gasteiger partial charge is 0.0603 e. The van der Waals surface area contributed by atoms with E-state index in [2.05, 4.69) is 41.2 Å². The van der Waals surface area contributed by atoms with Crippen molar-refractivity contribution in [2.24, 2.45) is 5.41 Å². The summed E-state index contributed by atoms with van der Waals surface area (Å²) in [5.74, 6) is 0.541. The third kappa shape index (κ3) is 1.47. The molecule has 2 unspecified atom stereocenters. The minimum atomic E-state index is -0.127. The van der Waals surface area contributed by atoms with E-state index in [0.29, 0.717) is 5.92 Å². The van der Waals surface area contributed by atoms with Crippen LogP contribution in [-0.2, 0) is 0 Å². The van der Waals surface area contributed by atoms with E-state index in [1.54, 1.807) is 11.3 Å². The highest BCUT2D eigenvalue weighted by Gasteiger charge is 2.48. The van der Waals surface area contributed by atoms with Crippen LogP contribution in [0.3, 0.4) is 0 Å². The molecule has 3 heteroatoms. The summed E-state index contributed by atoms with van der Waals surface area (Å²) in [5.41, 5.74) is 0.0598. The third-order valence-corrected chi connectivity index (χ3v) is 4.95. The van der Waals surface area contributed by atoms with Crippen molar-refractivity contribution in [1.29, 1.82) is 0 Å². The van der Waals surface area contributed by atoms with Gasteiger partial charge in [0.1, 0.15) is 0 Å². The summed E-state index contributed by atoms with van der Waals surface area (Å²) in [4.78, 5) is 1.39. The fourth-order valence-electron chi connectivity index (χ4n) is 1.90. The zero-order valence-corrected chi connectivity index (χ0v) is 10.2. The Balaban J connectivity index is 2.21.